The lowest BCUT2D eigenvalue weighted by molar-refractivity contribution is -0.118. The Labute approximate surface area is 396 Å². The smallest absolute Gasteiger partial charge is 0.274 e. The van der Waals surface area contributed by atoms with Gasteiger partial charge in [0.15, 0.2) is 11.8 Å². The van der Waals surface area contributed by atoms with E-state index in [9.17, 15) is 9.59 Å². The molecule has 8 aromatic rings. The van der Waals surface area contributed by atoms with Crippen molar-refractivity contribution in [3.05, 3.63) is 125 Å². The van der Waals surface area contributed by atoms with Gasteiger partial charge in [0, 0.05) is 57.9 Å². The van der Waals surface area contributed by atoms with Gasteiger partial charge in [0.2, 0.25) is 5.89 Å². The van der Waals surface area contributed by atoms with Gasteiger partial charge < -0.3 is 33.8 Å². The summed E-state index contributed by atoms with van der Waals surface area (Å²) in [5, 5.41) is 6.20. The molecule has 0 saturated carbocycles. The summed E-state index contributed by atoms with van der Waals surface area (Å²) < 4.78 is 23.4. The number of rotatable bonds is 18. The number of amides is 2. The molecule has 0 aliphatic carbocycles. The number of methoxy groups -OCH3 is 2. The van der Waals surface area contributed by atoms with Crippen LogP contribution in [0.1, 0.15) is 41.8 Å². The first-order valence-electron chi connectivity index (χ1n) is 21.2. The van der Waals surface area contributed by atoms with Gasteiger partial charge in [-0.3, -0.25) is 14.5 Å². The number of nitrogens with one attached hydrogen (secondary N) is 2. The number of hydrogen-bond acceptors (Lipinski definition) is 11. The number of halogens is 2. The number of fused-ring (bicyclic) bond motifs is 3. The molecule has 0 radical (unpaired) electrons. The summed E-state index contributed by atoms with van der Waals surface area (Å²) in [4.78, 5) is 52.8. The molecule has 0 saturated heterocycles. The molecule has 0 aliphatic rings. The fourth-order valence-corrected chi connectivity index (χ4v) is 8.20. The maximum atomic E-state index is 14.1. The summed E-state index contributed by atoms with van der Waals surface area (Å²) in [5.74, 6) is 7.01. The van der Waals surface area contributed by atoms with E-state index in [4.69, 9.17) is 59.7 Å². The first kappa shape index (κ1) is 46.1. The van der Waals surface area contributed by atoms with Crippen LogP contribution in [0.25, 0.3) is 55.4 Å². The van der Waals surface area contributed by atoms with E-state index in [-0.39, 0.29) is 30.7 Å². The lowest BCUT2D eigenvalue weighted by Gasteiger charge is -2.27. The van der Waals surface area contributed by atoms with Crippen LogP contribution in [-0.4, -0.2) is 86.6 Å². The number of oxazole rings is 1. The van der Waals surface area contributed by atoms with Gasteiger partial charge >= 0.3 is 0 Å². The zero-order valence-electron chi connectivity index (χ0n) is 36.8. The van der Waals surface area contributed by atoms with Gasteiger partial charge in [0.1, 0.15) is 33.3 Å². The number of carbonyl (C=O) groups is 2. The van der Waals surface area contributed by atoms with Crippen molar-refractivity contribution < 1.29 is 28.2 Å². The largest absolute Gasteiger partial charge is 0.496 e. The third kappa shape index (κ3) is 10.2. The first-order valence-corrected chi connectivity index (χ1v) is 22.0. The van der Waals surface area contributed by atoms with E-state index in [1.807, 2.05) is 43.3 Å². The Morgan fingerprint density at radius 1 is 0.851 bits per heavy atom. The topological polar surface area (TPSA) is 161 Å². The second-order valence-corrected chi connectivity index (χ2v) is 16.1. The molecule has 0 bridgehead atoms. The van der Waals surface area contributed by atoms with E-state index in [2.05, 4.69) is 42.0 Å². The van der Waals surface area contributed by atoms with Crippen molar-refractivity contribution in [2.75, 3.05) is 39.4 Å². The standard InChI is InChI=1S/C51H44Cl2N8O6/c1-6-9-23-60(30-66-29-40-34-12-10-14-42(64-4)36(34)25-45(52)56-40)28-47-57-38-21-18-32(24-39(38)58-47)44-27-54-50(67-44)31-16-19-33(20-17-31)55-49(62)41(8-3)61(22-7-2)51(63)48-35-13-11-15-43(65-5)37(35)26-46(53)59-48/h1,3,10-21,24-27,41H,7,9,22-23,28-30H2,2,4-5H3,(H,55,62)(H,57,58). The summed E-state index contributed by atoms with van der Waals surface area (Å²) in [7, 11) is 3.15. The number of pyridine rings is 2. The highest BCUT2D eigenvalue weighted by Gasteiger charge is 2.31. The molecule has 8 rings (SSSR count). The number of imidazole rings is 1. The van der Waals surface area contributed by atoms with Gasteiger partial charge in [-0.2, -0.15) is 0 Å². The lowest BCUT2D eigenvalue weighted by Crippen LogP contribution is -2.47. The molecule has 338 valence electrons. The summed E-state index contributed by atoms with van der Waals surface area (Å²) >= 11 is 12.7. The fraction of sp³-hybridized carbons (Fsp3) is 0.216. The monoisotopic (exact) mass is 934 g/mol. The normalized spacial score (nSPS) is 11.7. The minimum atomic E-state index is -1.25. The number of hydrogen-bond donors (Lipinski definition) is 2. The van der Waals surface area contributed by atoms with Crippen LogP contribution < -0.4 is 14.8 Å². The Bertz CT molecular complexity index is 3190. The van der Waals surface area contributed by atoms with Crippen LogP contribution >= 0.6 is 23.2 Å². The number of aromatic amines is 1. The molecule has 1 unspecified atom stereocenters. The highest BCUT2D eigenvalue weighted by Crippen LogP contribution is 2.33. The predicted octanol–water partition coefficient (Wildman–Crippen LogP) is 9.80. The van der Waals surface area contributed by atoms with Crippen LogP contribution in [0.3, 0.4) is 0 Å². The van der Waals surface area contributed by atoms with Crippen molar-refractivity contribution >= 4 is 73.3 Å². The van der Waals surface area contributed by atoms with E-state index in [0.717, 1.165) is 33.2 Å². The quantitative estimate of drug-likeness (QED) is 0.0479. The van der Waals surface area contributed by atoms with Crippen molar-refractivity contribution in [2.24, 2.45) is 0 Å². The number of aromatic nitrogens is 5. The average Bonchev–Trinajstić information content (AvgIpc) is 4.00. The highest BCUT2D eigenvalue weighted by molar-refractivity contribution is 6.31. The van der Waals surface area contributed by atoms with Crippen LogP contribution in [0.5, 0.6) is 11.5 Å². The third-order valence-electron chi connectivity index (χ3n) is 11.0. The van der Waals surface area contributed by atoms with Gasteiger partial charge in [-0.05, 0) is 73.2 Å². The van der Waals surface area contributed by atoms with Crippen LogP contribution in [-0.2, 0) is 22.7 Å². The van der Waals surface area contributed by atoms with Gasteiger partial charge in [0.05, 0.1) is 57.0 Å². The Balaban J connectivity index is 0.919. The Morgan fingerprint density at radius 2 is 1.55 bits per heavy atom. The number of anilines is 1. The Hall–Kier alpha value is -7.46. The van der Waals surface area contributed by atoms with Crippen molar-refractivity contribution in [2.45, 2.75) is 39.0 Å². The highest BCUT2D eigenvalue weighted by atomic mass is 35.5. The van der Waals surface area contributed by atoms with Gasteiger partial charge in [0.25, 0.3) is 11.8 Å². The average molecular weight is 936 g/mol. The van der Waals surface area contributed by atoms with Crippen LogP contribution in [0.2, 0.25) is 10.3 Å². The van der Waals surface area contributed by atoms with E-state index in [1.165, 1.54) is 12.0 Å². The van der Waals surface area contributed by atoms with Crippen LogP contribution in [0.15, 0.2) is 102 Å². The van der Waals surface area contributed by atoms with Crippen molar-refractivity contribution in [3.8, 4) is 59.0 Å². The summed E-state index contributed by atoms with van der Waals surface area (Å²) in [5.41, 5.74) is 4.29. The minimum absolute atomic E-state index is 0.0632. The number of carbonyl (C=O) groups excluding carboxylic acids is 2. The fourth-order valence-electron chi connectivity index (χ4n) is 7.80. The molecule has 4 heterocycles. The summed E-state index contributed by atoms with van der Waals surface area (Å²) in [6.45, 7) is 3.63. The number of H-pyrrole nitrogens is 1. The molecule has 16 heteroatoms. The second kappa shape index (κ2) is 20.8. The molecule has 0 spiro atoms. The second-order valence-electron chi connectivity index (χ2n) is 15.4. The van der Waals surface area contributed by atoms with Crippen molar-refractivity contribution in [1.82, 2.24) is 34.7 Å². The molecule has 0 aliphatic heterocycles. The Morgan fingerprint density at radius 3 is 2.25 bits per heavy atom. The SMILES string of the molecule is C#CCCN(COCc1nc(Cl)cc2c(OC)cccc12)Cc1nc2ccc(-c3cnc(-c4ccc(NC(=O)C(C#C)N(CCC)C(=O)c5nc(Cl)cc6c(OC)cccc56)cc4)o3)cc2[nH]1. The third-order valence-corrected chi connectivity index (χ3v) is 11.3. The molecule has 4 aromatic carbocycles. The van der Waals surface area contributed by atoms with E-state index < -0.39 is 17.9 Å². The maximum Gasteiger partial charge on any atom is 0.274 e. The maximum absolute atomic E-state index is 14.1. The zero-order chi connectivity index (χ0) is 47.0. The van der Waals surface area contributed by atoms with Gasteiger partial charge in [-0.1, -0.05) is 60.3 Å². The molecular formula is C51H44Cl2N8O6. The molecule has 1 atom stereocenters. The molecule has 2 amide bonds. The van der Waals surface area contributed by atoms with Crippen molar-refractivity contribution in [1.29, 1.82) is 0 Å². The minimum Gasteiger partial charge on any atom is -0.496 e. The number of ether oxygens (including phenoxy) is 3. The summed E-state index contributed by atoms with van der Waals surface area (Å²) in [6.07, 6.45) is 14.3. The summed E-state index contributed by atoms with van der Waals surface area (Å²) in [6, 6.07) is 25.9. The molecule has 67 heavy (non-hydrogen) atoms. The molecule has 4 aromatic heterocycles. The Kier molecular flexibility index (Phi) is 14.3. The van der Waals surface area contributed by atoms with E-state index in [0.29, 0.717) is 82.0 Å². The molecule has 0 fully saturated rings. The molecule has 2 N–H and O–H groups in total. The van der Waals surface area contributed by atoms with Gasteiger partial charge in [-0.15, -0.1) is 18.8 Å². The van der Waals surface area contributed by atoms with Crippen LogP contribution in [0.4, 0.5) is 5.69 Å². The number of benzene rings is 4. The zero-order valence-corrected chi connectivity index (χ0v) is 38.3. The van der Waals surface area contributed by atoms with Crippen LogP contribution in [0, 0.1) is 24.7 Å². The lowest BCUT2D eigenvalue weighted by atomic mass is 10.1. The predicted molar refractivity (Wildman–Crippen MR) is 260 cm³/mol. The van der Waals surface area contributed by atoms with E-state index in [1.54, 1.807) is 67.9 Å². The number of terminal acetylenes is 2. The van der Waals surface area contributed by atoms with Gasteiger partial charge in [-0.25, -0.2) is 19.9 Å². The molecular weight excluding hydrogens is 892 g/mol. The van der Waals surface area contributed by atoms with E-state index >= 15 is 0 Å². The molecule has 14 nitrogen and oxygen atoms in total. The number of nitrogens with zero attached hydrogens (tertiary/aromatic N) is 6. The first-order chi connectivity index (χ1) is 32.6. The van der Waals surface area contributed by atoms with Crippen molar-refractivity contribution in [3.63, 3.8) is 0 Å².